The van der Waals surface area contributed by atoms with Gasteiger partial charge in [0.2, 0.25) is 18.6 Å². The number of nitro benzene ring substituents is 1. The Morgan fingerprint density at radius 1 is 0.744 bits per heavy atom. The van der Waals surface area contributed by atoms with Gasteiger partial charge in [-0.3, -0.25) is 34.3 Å². The summed E-state index contributed by atoms with van der Waals surface area (Å²) in [4.78, 5) is 82.4. The Morgan fingerprint density at radius 2 is 1.43 bits per heavy atom. The first kappa shape index (κ1) is 54.0. The molecule has 1 spiro atoms. The van der Waals surface area contributed by atoms with Crippen LogP contribution in [0.15, 0.2) is 146 Å². The van der Waals surface area contributed by atoms with Crippen molar-refractivity contribution >= 4 is 35.3 Å². The third kappa shape index (κ3) is 10.1. The van der Waals surface area contributed by atoms with Crippen molar-refractivity contribution in [3.05, 3.63) is 195 Å². The van der Waals surface area contributed by atoms with Crippen molar-refractivity contribution in [2.75, 3.05) is 51.1 Å². The Bertz CT molecular complexity index is 3450. The Hall–Kier alpha value is -8.60. The van der Waals surface area contributed by atoms with E-state index in [4.69, 9.17) is 23.7 Å². The van der Waals surface area contributed by atoms with E-state index < -0.39 is 70.0 Å². The molecule has 18 heteroatoms. The van der Waals surface area contributed by atoms with Crippen molar-refractivity contribution in [2.24, 2.45) is 5.92 Å². The summed E-state index contributed by atoms with van der Waals surface area (Å²) in [6, 6.07) is 38.6. The number of esters is 1. The van der Waals surface area contributed by atoms with Crippen LogP contribution in [-0.2, 0) is 42.4 Å². The standard InChI is InChI=1S/C64H61N5O13/c70-35-36-78-49-23-19-47(20-24-49)58-64(50-37-42(27-30-63(75)28-9-1-2-10-29-63)17-25-51(50)67(61(64)73)62(74)79-40-43-15-21-48(22-16-43)69(76)77)54(59(71)66-33-31-65(32-34-66)39-44-18-26-52-53(38-44)81-41-80-52)56-60(72)82-57(46-13-7-4-8-14-46)55(68(56)58)45-11-5-3-6-12-45/h3-8,11-26,37-38,54-58,70,75H,1-2,9-10,28-29,31-36,39-41H2/t54-,55-,56-,57+,58+,64-/m1/s1. The van der Waals surface area contributed by atoms with Gasteiger partial charge in [0.05, 0.1) is 35.2 Å². The van der Waals surface area contributed by atoms with Crippen LogP contribution < -0.4 is 19.1 Å². The van der Waals surface area contributed by atoms with Crippen molar-refractivity contribution in [1.82, 2.24) is 14.7 Å². The number of carbonyl (C=O) groups excluding carboxylic acids is 4. The van der Waals surface area contributed by atoms with Gasteiger partial charge >= 0.3 is 12.1 Å². The minimum atomic E-state index is -2.13. The number of nitrogens with zero attached hydrogens (tertiary/aromatic N) is 5. The summed E-state index contributed by atoms with van der Waals surface area (Å²) in [5.41, 5.74) is 0.453. The number of aliphatic hydroxyl groups excluding tert-OH is 1. The van der Waals surface area contributed by atoms with Crippen LogP contribution in [0.25, 0.3) is 0 Å². The molecule has 82 heavy (non-hydrogen) atoms. The summed E-state index contributed by atoms with van der Waals surface area (Å²) in [7, 11) is 0. The molecule has 420 valence electrons. The Labute approximate surface area is 473 Å². The average molecular weight is 1110 g/mol. The first-order valence-electron chi connectivity index (χ1n) is 27.9. The number of ether oxygens (including phenoxy) is 5. The molecule has 5 aliphatic heterocycles. The lowest BCUT2D eigenvalue weighted by Crippen LogP contribution is -2.59. The molecule has 0 unspecified atom stereocenters. The number of cyclic esters (lactones) is 1. The Balaban J connectivity index is 1.05. The van der Waals surface area contributed by atoms with Gasteiger partial charge in [0.25, 0.3) is 5.69 Å². The maximum atomic E-state index is 17.0. The van der Waals surface area contributed by atoms with Gasteiger partial charge in [-0.05, 0) is 114 Å². The van der Waals surface area contributed by atoms with Gasteiger partial charge in [-0.1, -0.05) is 104 Å². The lowest BCUT2D eigenvalue weighted by atomic mass is 9.64. The number of rotatable bonds is 12. The van der Waals surface area contributed by atoms with E-state index in [2.05, 4.69) is 16.7 Å². The van der Waals surface area contributed by atoms with Gasteiger partial charge in [-0.15, -0.1) is 0 Å². The molecular weight excluding hydrogens is 1050 g/mol. The fourth-order valence-corrected chi connectivity index (χ4v) is 13.0. The normalized spacial score (nSPS) is 23.7. The van der Waals surface area contributed by atoms with E-state index >= 15 is 19.2 Å². The average Bonchev–Trinajstić information content (AvgIpc) is 2.98. The van der Waals surface area contributed by atoms with Crippen LogP contribution in [0.4, 0.5) is 16.2 Å². The number of imide groups is 1. The molecule has 18 nitrogen and oxygen atoms in total. The molecule has 1 aliphatic carbocycles. The maximum absolute atomic E-state index is 17.0. The second kappa shape index (κ2) is 22.7. The molecule has 0 aromatic heterocycles. The molecule has 6 aromatic carbocycles. The van der Waals surface area contributed by atoms with Gasteiger partial charge in [0, 0.05) is 50.4 Å². The molecule has 4 fully saturated rings. The number of amides is 3. The number of morpholine rings is 1. The molecule has 6 aliphatic rings. The van der Waals surface area contributed by atoms with E-state index in [0.717, 1.165) is 41.7 Å². The molecule has 0 radical (unpaired) electrons. The molecule has 3 saturated heterocycles. The zero-order valence-electron chi connectivity index (χ0n) is 45.0. The molecule has 0 bridgehead atoms. The molecule has 2 N–H and O–H groups in total. The minimum Gasteiger partial charge on any atom is -0.491 e. The monoisotopic (exact) mass is 1110 g/mol. The fourth-order valence-electron chi connectivity index (χ4n) is 13.0. The molecule has 5 heterocycles. The Kier molecular flexibility index (Phi) is 15.0. The van der Waals surface area contributed by atoms with Crippen molar-refractivity contribution in [3.63, 3.8) is 0 Å². The Morgan fingerprint density at radius 3 is 2.12 bits per heavy atom. The zero-order chi connectivity index (χ0) is 56.5. The van der Waals surface area contributed by atoms with Crippen molar-refractivity contribution < 1.29 is 58.0 Å². The molecular formula is C64H61N5O13. The molecule has 6 aromatic rings. The highest BCUT2D eigenvalue weighted by molar-refractivity contribution is 6.23. The van der Waals surface area contributed by atoms with Crippen LogP contribution in [0.2, 0.25) is 0 Å². The molecule has 12 rings (SSSR count). The highest BCUT2D eigenvalue weighted by Crippen LogP contribution is 2.66. The van der Waals surface area contributed by atoms with Gasteiger partial charge < -0.3 is 38.8 Å². The van der Waals surface area contributed by atoms with E-state index in [-0.39, 0.29) is 56.6 Å². The number of benzene rings is 6. The second-order valence-electron chi connectivity index (χ2n) is 21.7. The first-order chi connectivity index (χ1) is 39.9. The van der Waals surface area contributed by atoms with Crippen molar-refractivity contribution in [1.29, 1.82) is 0 Å². The van der Waals surface area contributed by atoms with E-state index in [1.54, 1.807) is 47.4 Å². The van der Waals surface area contributed by atoms with E-state index in [1.807, 2.05) is 83.8 Å². The SMILES string of the molecule is O=C1O[C@@H](c2ccccc2)[C@@H](c2ccccc2)N2[C@@H](c3ccc(OCCO)cc3)[C@]3(C(=O)N(C(=O)OCc4ccc([N+](=O)[O-])cc4)c4ccc(C#CC5(O)CCCCCC5)cc43)[C@@H](C(=O)N3CCN(Cc4ccc5c(c4)OCO5)CC3)[C@H]12. The number of anilines is 1. The number of piperazine rings is 1. The number of nitro groups is 1. The number of aliphatic hydroxyl groups is 2. The summed E-state index contributed by atoms with van der Waals surface area (Å²) in [6.45, 7) is 1.40. The topological polar surface area (TPSA) is 211 Å². The van der Waals surface area contributed by atoms with E-state index in [1.165, 1.54) is 24.3 Å². The van der Waals surface area contributed by atoms with Crippen LogP contribution in [0.3, 0.4) is 0 Å². The largest absolute Gasteiger partial charge is 0.491 e. The predicted octanol–water partition coefficient (Wildman–Crippen LogP) is 8.48. The second-order valence-corrected chi connectivity index (χ2v) is 21.7. The lowest BCUT2D eigenvalue weighted by Gasteiger charge is -2.46. The summed E-state index contributed by atoms with van der Waals surface area (Å²) < 4.78 is 29.8. The predicted molar refractivity (Wildman–Crippen MR) is 298 cm³/mol. The molecule has 6 atom stereocenters. The lowest BCUT2D eigenvalue weighted by molar-refractivity contribution is -0.384. The van der Waals surface area contributed by atoms with Crippen LogP contribution in [0.5, 0.6) is 17.2 Å². The van der Waals surface area contributed by atoms with Gasteiger partial charge in [-0.25, -0.2) is 9.69 Å². The fraction of sp³-hybridized carbons (Fsp3) is 0.344. The number of non-ortho nitro benzene ring substituents is 1. The number of hydrogen-bond donors (Lipinski definition) is 2. The van der Waals surface area contributed by atoms with Gasteiger partial charge in [0.15, 0.2) is 11.5 Å². The third-order valence-corrected chi connectivity index (χ3v) is 16.9. The minimum absolute atomic E-state index is 0.00383. The summed E-state index contributed by atoms with van der Waals surface area (Å²) in [6.07, 6.45) is 2.44. The molecule has 3 amide bonds. The number of hydrogen-bond acceptors (Lipinski definition) is 15. The van der Waals surface area contributed by atoms with E-state index in [0.29, 0.717) is 72.0 Å². The van der Waals surface area contributed by atoms with E-state index in [9.17, 15) is 20.3 Å². The summed E-state index contributed by atoms with van der Waals surface area (Å²) in [5.74, 6) is 4.52. The third-order valence-electron chi connectivity index (χ3n) is 16.9. The first-order valence-corrected chi connectivity index (χ1v) is 27.9. The highest BCUT2D eigenvalue weighted by Gasteiger charge is 2.76. The zero-order valence-corrected chi connectivity index (χ0v) is 45.0. The molecule has 1 saturated carbocycles. The van der Waals surface area contributed by atoms with Gasteiger partial charge in [0.1, 0.15) is 42.1 Å². The summed E-state index contributed by atoms with van der Waals surface area (Å²) >= 11 is 0. The smallest absolute Gasteiger partial charge is 0.421 e. The van der Waals surface area contributed by atoms with Crippen LogP contribution in [-0.4, -0.2) is 112 Å². The van der Waals surface area contributed by atoms with Crippen molar-refractivity contribution in [2.45, 2.75) is 86.9 Å². The number of carbonyl (C=O) groups is 4. The highest BCUT2D eigenvalue weighted by atomic mass is 16.7. The van der Waals surface area contributed by atoms with Crippen LogP contribution >= 0.6 is 0 Å². The van der Waals surface area contributed by atoms with Crippen molar-refractivity contribution in [3.8, 4) is 29.1 Å². The number of fused-ring (bicyclic) bond motifs is 4. The van der Waals surface area contributed by atoms with Crippen LogP contribution in [0.1, 0.15) is 95.7 Å². The quantitative estimate of drug-likeness (QED) is 0.0387. The van der Waals surface area contributed by atoms with Crippen LogP contribution in [0, 0.1) is 27.9 Å². The van der Waals surface area contributed by atoms with Gasteiger partial charge in [-0.2, -0.15) is 0 Å². The summed E-state index contributed by atoms with van der Waals surface area (Å²) in [5, 5.41) is 33.2. The maximum Gasteiger partial charge on any atom is 0.421 e.